The Kier molecular flexibility index (Phi) is 16.3. The molecule has 3 heteroatoms. The zero-order chi connectivity index (χ0) is 13.5. The molecule has 1 nitrogen and oxygen atoms in total. The van der Waals surface area contributed by atoms with Crippen molar-refractivity contribution in [1.29, 1.82) is 0 Å². The van der Waals surface area contributed by atoms with E-state index in [4.69, 9.17) is 0 Å². The molecule has 0 rings (SSSR count). The van der Waals surface area contributed by atoms with Crippen molar-refractivity contribution in [2.75, 3.05) is 23.0 Å². The lowest BCUT2D eigenvalue weighted by Crippen LogP contribution is -2.13. The highest BCUT2D eigenvalue weighted by atomic mass is 32.2. The van der Waals surface area contributed by atoms with E-state index in [-0.39, 0.29) is 6.10 Å². The molecule has 0 aromatic heterocycles. The molecule has 0 aliphatic heterocycles. The van der Waals surface area contributed by atoms with Gasteiger partial charge in [0, 0.05) is 11.5 Å². The highest BCUT2D eigenvalue weighted by Crippen LogP contribution is 2.13. The van der Waals surface area contributed by atoms with Crippen LogP contribution in [0.2, 0.25) is 0 Å². The molecule has 0 aliphatic rings. The molecule has 0 saturated carbocycles. The van der Waals surface area contributed by atoms with Crippen LogP contribution in [-0.4, -0.2) is 34.2 Å². The van der Waals surface area contributed by atoms with Gasteiger partial charge in [-0.25, -0.2) is 0 Å². The van der Waals surface area contributed by atoms with E-state index >= 15 is 0 Å². The Morgan fingerprint density at radius 2 is 1.17 bits per heavy atom. The Hall–Kier alpha value is 0.660. The van der Waals surface area contributed by atoms with Gasteiger partial charge >= 0.3 is 0 Å². The molecule has 0 heterocycles. The average Bonchev–Trinajstić information content (AvgIpc) is 2.38. The summed E-state index contributed by atoms with van der Waals surface area (Å²) in [7, 11) is 0. The number of aliphatic hydroxyl groups excluding tert-OH is 1. The van der Waals surface area contributed by atoms with Gasteiger partial charge in [-0.1, -0.05) is 52.4 Å². The topological polar surface area (TPSA) is 20.2 Å². The van der Waals surface area contributed by atoms with Crippen molar-refractivity contribution in [2.45, 2.75) is 71.3 Å². The third kappa shape index (κ3) is 14.7. The number of hydrogen-bond donors (Lipinski definition) is 1. The minimum absolute atomic E-state index is 0.0997. The van der Waals surface area contributed by atoms with Gasteiger partial charge in [0.1, 0.15) is 0 Å². The largest absolute Gasteiger partial charge is 0.391 e. The fraction of sp³-hybridized carbons (Fsp3) is 1.00. The van der Waals surface area contributed by atoms with Crippen molar-refractivity contribution >= 4 is 23.5 Å². The fourth-order valence-electron chi connectivity index (χ4n) is 1.75. The lowest BCUT2D eigenvalue weighted by atomic mass is 10.2. The van der Waals surface area contributed by atoms with Crippen LogP contribution in [0.25, 0.3) is 0 Å². The Morgan fingerprint density at radius 1 is 0.722 bits per heavy atom. The van der Waals surface area contributed by atoms with Gasteiger partial charge in [-0.2, -0.15) is 23.5 Å². The third-order valence-electron chi connectivity index (χ3n) is 2.90. The Labute approximate surface area is 123 Å². The van der Waals surface area contributed by atoms with Crippen LogP contribution in [-0.2, 0) is 0 Å². The standard InChI is InChI=1S/C15H32OS2/c1-3-5-7-9-11-17-13-15(16)14-18-12-10-8-6-4-2/h15-16H,3-14H2,1-2H3. The molecular weight excluding hydrogens is 260 g/mol. The van der Waals surface area contributed by atoms with Crippen molar-refractivity contribution < 1.29 is 5.11 Å². The Morgan fingerprint density at radius 3 is 1.56 bits per heavy atom. The predicted octanol–water partition coefficient (Wildman–Crippen LogP) is 4.97. The summed E-state index contributed by atoms with van der Waals surface area (Å²) in [5.74, 6) is 4.29. The SMILES string of the molecule is CCCCCCSCC(O)CSCCCCCC. The molecule has 0 radical (unpaired) electrons. The second-order valence-electron chi connectivity index (χ2n) is 4.92. The summed E-state index contributed by atoms with van der Waals surface area (Å²) in [6.07, 6.45) is 10.6. The van der Waals surface area contributed by atoms with Gasteiger partial charge < -0.3 is 5.11 Å². The summed E-state index contributed by atoms with van der Waals surface area (Å²) in [5, 5.41) is 9.81. The molecule has 1 N–H and O–H groups in total. The van der Waals surface area contributed by atoms with Crippen LogP contribution < -0.4 is 0 Å². The van der Waals surface area contributed by atoms with Crippen LogP contribution in [0, 0.1) is 0 Å². The zero-order valence-corrected chi connectivity index (χ0v) is 14.0. The van der Waals surface area contributed by atoms with Crippen LogP contribution in [0.5, 0.6) is 0 Å². The van der Waals surface area contributed by atoms with Crippen molar-refractivity contribution in [3.05, 3.63) is 0 Å². The minimum atomic E-state index is -0.0997. The summed E-state index contributed by atoms with van der Waals surface area (Å²) >= 11 is 3.84. The number of unbranched alkanes of at least 4 members (excludes halogenated alkanes) is 6. The van der Waals surface area contributed by atoms with E-state index in [9.17, 15) is 5.11 Å². The first kappa shape index (κ1) is 18.7. The molecule has 0 unspecified atom stereocenters. The maximum Gasteiger partial charge on any atom is 0.0720 e. The van der Waals surface area contributed by atoms with Crippen molar-refractivity contribution in [3.8, 4) is 0 Å². The van der Waals surface area contributed by atoms with Crippen LogP contribution >= 0.6 is 23.5 Å². The highest BCUT2D eigenvalue weighted by Gasteiger charge is 2.04. The lowest BCUT2D eigenvalue weighted by Gasteiger charge is -2.09. The van der Waals surface area contributed by atoms with Crippen LogP contribution in [0.1, 0.15) is 65.2 Å². The van der Waals surface area contributed by atoms with Gasteiger partial charge in [0.15, 0.2) is 0 Å². The molecule has 0 aliphatic carbocycles. The van der Waals surface area contributed by atoms with Crippen molar-refractivity contribution in [3.63, 3.8) is 0 Å². The van der Waals surface area contributed by atoms with E-state index in [0.717, 1.165) is 11.5 Å². The van der Waals surface area contributed by atoms with E-state index in [0.29, 0.717) is 0 Å². The number of aliphatic hydroxyl groups is 1. The Balaban J connectivity index is 3.10. The summed E-state index contributed by atoms with van der Waals surface area (Å²) in [5.41, 5.74) is 0. The summed E-state index contributed by atoms with van der Waals surface area (Å²) in [4.78, 5) is 0. The van der Waals surface area contributed by atoms with E-state index in [1.165, 1.54) is 62.9 Å². The Bertz CT molecular complexity index is 137. The summed E-state index contributed by atoms with van der Waals surface area (Å²) in [6.45, 7) is 4.49. The van der Waals surface area contributed by atoms with Crippen LogP contribution in [0.15, 0.2) is 0 Å². The number of rotatable bonds is 14. The van der Waals surface area contributed by atoms with E-state index in [1.807, 2.05) is 23.5 Å². The third-order valence-corrected chi connectivity index (χ3v) is 5.30. The second-order valence-corrected chi connectivity index (χ2v) is 7.22. The van der Waals surface area contributed by atoms with Gasteiger partial charge in [0.25, 0.3) is 0 Å². The molecule has 0 bridgehead atoms. The zero-order valence-electron chi connectivity index (χ0n) is 12.3. The molecule has 110 valence electrons. The molecule has 0 amide bonds. The molecule has 0 aromatic rings. The van der Waals surface area contributed by atoms with Gasteiger partial charge in [-0.05, 0) is 24.3 Å². The summed E-state index contributed by atoms with van der Waals surface area (Å²) in [6, 6.07) is 0. The first-order valence-corrected chi connectivity index (χ1v) is 9.95. The van der Waals surface area contributed by atoms with Gasteiger partial charge in [-0.15, -0.1) is 0 Å². The van der Waals surface area contributed by atoms with Gasteiger partial charge in [0.05, 0.1) is 6.10 Å². The molecule has 0 saturated heterocycles. The number of thioether (sulfide) groups is 2. The van der Waals surface area contributed by atoms with Crippen molar-refractivity contribution in [2.24, 2.45) is 0 Å². The van der Waals surface area contributed by atoms with Crippen LogP contribution in [0.3, 0.4) is 0 Å². The fourth-order valence-corrected chi connectivity index (χ4v) is 3.83. The second kappa shape index (κ2) is 15.7. The van der Waals surface area contributed by atoms with Gasteiger partial charge in [-0.3, -0.25) is 0 Å². The number of hydrogen-bond acceptors (Lipinski definition) is 3. The van der Waals surface area contributed by atoms with E-state index in [1.54, 1.807) is 0 Å². The summed E-state index contributed by atoms with van der Waals surface area (Å²) < 4.78 is 0. The maximum atomic E-state index is 9.81. The molecule has 18 heavy (non-hydrogen) atoms. The smallest absolute Gasteiger partial charge is 0.0720 e. The van der Waals surface area contributed by atoms with Crippen molar-refractivity contribution in [1.82, 2.24) is 0 Å². The first-order chi connectivity index (χ1) is 8.81. The van der Waals surface area contributed by atoms with E-state index in [2.05, 4.69) is 13.8 Å². The predicted molar refractivity (Wildman–Crippen MR) is 88.9 cm³/mol. The van der Waals surface area contributed by atoms with E-state index < -0.39 is 0 Å². The highest BCUT2D eigenvalue weighted by molar-refractivity contribution is 8.00. The average molecular weight is 293 g/mol. The monoisotopic (exact) mass is 292 g/mol. The lowest BCUT2D eigenvalue weighted by molar-refractivity contribution is 0.225. The maximum absolute atomic E-state index is 9.81. The normalized spacial score (nSPS) is 11.3. The quantitative estimate of drug-likeness (QED) is 0.456. The van der Waals surface area contributed by atoms with Gasteiger partial charge in [0.2, 0.25) is 0 Å². The van der Waals surface area contributed by atoms with Crippen LogP contribution in [0.4, 0.5) is 0 Å². The molecular formula is C15H32OS2. The first-order valence-electron chi connectivity index (χ1n) is 7.64. The molecule has 0 spiro atoms. The minimum Gasteiger partial charge on any atom is -0.391 e. The molecule has 0 atom stereocenters. The molecule has 0 aromatic carbocycles. The molecule has 0 fully saturated rings.